The van der Waals surface area contributed by atoms with Crippen molar-refractivity contribution in [3.05, 3.63) is 71.4 Å². The summed E-state index contributed by atoms with van der Waals surface area (Å²) in [4.78, 5) is 43.5. The van der Waals surface area contributed by atoms with E-state index in [9.17, 15) is 14.4 Å². The third kappa shape index (κ3) is 4.68. The van der Waals surface area contributed by atoms with E-state index in [0.717, 1.165) is 0 Å². The molecule has 4 heterocycles. The smallest absolute Gasteiger partial charge is 0.289 e. The number of rotatable bonds is 5. The van der Waals surface area contributed by atoms with Crippen LogP contribution in [-0.4, -0.2) is 76.2 Å². The molecule has 35 heavy (non-hydrogen) atoms. The molecule has 2 atom stereocenters. The van der Waals surface area contributed by atoms with E-state index in [1.807, 2.05) is 11.2 Å². The van der Waals surface area contributed by atoms with Crippen molar-refractivity contribution in [1.82, 2.24) is 25.1 Å². The van der Waals surface area contributed by atoms with E-state index < -0.39 is 0 Å². The fraction of sp³-hybridized carbons (Fsp3) is 0.423. The first kappa shape index (κ1) is 23.2. The molecule has 1 aromatic heterocycles. The summed E-state index contributed by atoms with van der Waals surface area (Å²) in [5.41, 5.74) is 7.10. The molecule has 0 radical (unpaired) electrons. The largest absolute Gasteiger partial charge is 0.459 e. The van der Waals surface area contributed by atoms with Crippen molar-refractivity contribution in [2.75, 3.05) is 32.7 Å². The summed E-state index contributed by atoms with van der Waals surface area (Å²) in [5, 5.41) is 1.88. The van der Waals surface area contributed by atoms with Crippen molar-refractivity contribution in [2.45, 2.75) is 38.8 Å². The molecule has 0 aliphatic carbocycles. The highest BCUT2D eigenvalue weighted by Crippen LogP contribution is 2.31. The van der Waals surface area contributed by atoms with Gasteiger partial charge in [0.25, 0.3) is 11.8 Å². The number of amides is 3. The number of furan rings is 1. The fourth-order valence-electron chi connectivity index (χ4n) is 4.91. The maximum absolute atomic E-state index is 13.1. The quantitative estimate of drug-likeness (QED) is 0.710. The molecule has 2 fully saturated rings. The molecule has 2 saturated heterocycles. The zero-order valence-electron chi connectivity index (χ0n) is 20.1. The Morgan fingerprint density at radius 3 is 2.51 bits per heavy atom. The van der Waals surface area contributed by atoms with E-state index in [1.165, 1.54) is 23.0 Å². The van der Waals surface area contributed by atoms with Crippen LogP contribution >= 0.6 is 0 Å². The van der Waals surface area contributed by atoms with E-state index in [1.54, 1.807) is 33.0 Å². The number of fused-ring (bicyclic) bond motifs is 1. The van der Waals surface area contributed by atoms with Crippen LogP contribution in [0.1, 0.15) is 46.1 Å². The molecule has 9 heteroatoms. The lowest BCUT2D eigenvalue weighted by Gasteiger charge is -2.35. The lowest BCUT2D eigenvalue weighted by Crippen LogP contribution is -2.51. The molecule has 184 valence electrons. The average Bonchev–Trinajstić information content (AvgIpc) is 3.56. The fourth-order valence-corrected chi connectivity index (χ4v) is 4.91. The van der Waals surface area contributed by atoms with Crippen LogP contribution in [0.25, 0.3) is 0 Å². The van der Waals surface area contributed by atoms with Crippen LogP contribution in [0.2, 0.25) is 0 Å². The summed E-state index contributed by atoms with van der Waals surface area (Å²) >= 11 is 0. The number of hydrogen-bond acceptors (Lipinski definition) is 6. The monoisotopic (exact) mass is 477 g/mol. The van der Waals surface area contributed by atoms with Crippen LogP contribution < -0.4 is 5.43 Å². The van der Waals surface area contributed by atoms with Gasteiger partial charge in [0, 0.05) is 51.5 Å². The van der Waals surface area contributed by atoms with Crippen molar-refractivity contribution in [3.8, 4) is 0 Å². The summed E-state index contributed by atoms with van der Waals surface area (Å²) in [6.07, 6.45) is 6.05. The molecule has 3 aliphatic heterocycles. The van der Waals surface area contributed by atoms with Gasteiger partial charge in [0.1, 0.15) is 6.04 Å². The first-order chi connectivity index (χ1) is 16.9. The van der Waals surface area contributed by atoms with Gasteiger partial charge in [-0.3, -0.25) is 14.4 Å². The number of hydrazine groups is 1. The second kappa shape index (κ2) is 9.58. The van der Waals surface area contributed by atoms with Crippen molar-refractivity contribution < 1.29 is 18.8 Å². The van der Waals surface area contributed by atoms with E-state index in [-0.39, 0.29) is 36.2 Å². The molecule has 3 aliphatic rings. The third-order valence-corrected chi connectivity index (χ3v) is 7.23. The lowest BCUT2D eigenvalue weighted by molar-refractivity contribution is -0.136. The van der Waals surface area contributed by atoms with Gasteiger partial charge in [0.05, 0.1) is 12.3 Å². The van der Waals surface area contributed by atoms with Gasteiger partial charge in [-0.25, -0.2) is 5.43 Å². The summed E-state index contributed by atoms with van der Waals surface area (Å²) in [6.45, 7) is 6.43. The first-order valence-electron chi connectivity index (χ1n) is 12.1. The van der Waals surface area contributed by atoms with Crippen LogP contribution in [0.3, 0.4) is 0 Å². The molecular formula is C26H31N5O4. The zero-order valence-corrected chi connectivity index (χ0v) is 20.1. The van der Waals surface area contributed by atoms with Crippen molar-refractivity contribution in [1.29, 1.82) is 0 Å². The van der Waals surface area contributed by atoms with Crippen LogP contribution in [0, 0.1) is 13.8 Å². The molecule has 3 amide bonds. The molecule has 0 saturated carbocycles. The Bertz CT molecular complexity index is 1140. The summed E-state index contributed by atoms with van der Waals surface area (Å²) in [7, 11) is 0. The van der Waals surface area contributed by atoms with Gasteiger partial charge < -0.3 is 24.1 Å². The molecule has 1 aromatic carbocycles. The molecule has 2 unspecified atom stereocenters. The predicted octanol–water partition coefficient (Wildman–Crippen LogP) is 2.20. The highest BCUT2D eigenvalue weighted by molar-refractivity contribution is 5.91. The molecule has 1 N–H and O–H groups in total. The van der Waals surface area contributed by atoms with Gasteiger partial charge in [-0.1, -0.05) is 18.2 Å². The Morgan fingerprint density at radius 2 is 1.80 bits per heavy atom. The Kier molecular flexibility index (Phi) is 6.34. The second-order valence-electron chi connectivity index (χ2n) is 9.41. The van der Waals surface area contributed by atoms with Gasteiger partial charge in [0.15, 0.2) is 5.76 Å². The van der Waals surface area contributed by atoms with Crippen LogP contribution in [0.5, 0.6) is 0 Å². The Balaban J connectivity index is 1.11. The minimum atomic E-state index is -0.280. The Morgan fingerprint density at radius 1 is 1.03 bits per heavy atom. The summed E-state index contributed by atoms with van der Waals surface area (Å²) < 4.78 is 5.19. The van der Waals surface area contributed by atoms with Crippen LogP contribution in [0.4, 0.5) is 0 Å². The summed E-state index contributed by atoms with van der Waals surface area (Å²) in [5.74, 6) is 0.166. The van der Waals surface area contributed by atoms with Gasteiger partial charge >= 0.3 is 0 Å². The number of aryl methyl sites for hydroxylation is 2. The number of carbonyl (C=O) groups is 3. The molecule has 2 aromatic rings. The average molecular weight is 478 g/mol. The van der Waals surface area contributed by atoms with Crippen molar-refractivity contribution in [2.24, 2.45) is 0 Å². The minimum absolute atomic E-state index is 0.00344. The number of nitrogens with zero attached hydrogens (tertiary/aromatic N) is 4. The molecule has 0 bridgehead atoms. The van der Waals surface area contributed by atoms with E-state index in [2.05, 4.69) is 37.5 Å². The van der Waals surface area contributed by atoms with Gasteiger partial charge in [0.2, 0.25) is 5.91 Å². The van der Waals surface area contributed by atoms with Gasteiger partial charge in [-0.2, -0.15) is 0 Å². The number of piperazine rings is 1. The number of nitrogens with one attached hydrogen (secondary N) is 1. The standard InChI is InChI=1S/C26H31N5O4/c1-18-5-6-20(16-19(18)2)21-17-22-25(33)29(13-14-31(22)27-21)8-7-24(32)28-9-11-30(12-10-28)26(34)23-4-3-15-35-23/h3-6,13-16,21-22,27H,7-12,17H2,1-2H3. The molecule has 9 nitrogen and oxygen atoms in total. The Labute approximate surface area is 204 Å². The van der Waals surface area contributed by atoms with E-state index in [0.29, 0.717) is 44.9 Å². The Hall–Kier alpha value is -3.59. The summed E-state index contributed by atoms with van der Waals surface area (Å²) in [6, 6.07) is 9.55. The number of hydrogen-bond donors (Lipinski definition) is 1. The van der Waals surface area contributed by atoms with Gasteiger partial charge in [-0.05, 0) is 49.1 Å². The first-order valence-corrected chi connectivity index (χ1v) is 12.1. The molecular weight excluding hydrogens is 446 g/mol. The highest BCUT2D eigenvalue weighted by atomic mass is 16.3. The lowest BCUT2D eigenvalue weighted by atomic mass is 9.97. The normalized spacial score (nSPS) is 22.1. The minimum Gasteiger partial charge on any atom is -0.459 e. The van der Waals surface area contributed by atoms with Crippen molar-refractivity contribution in [3.63, 3.8) is 0 Å². The third-order valence-electron chi connectivity index (χ3n) is 7.23. The topological polar surface area (TPSA) is 89.3 Å². The second-order valence-corrected chi connectivity index (χ2v) is 9.41. The maximum atomic E-state index is 13.1. The van der Waals surface area contributed by atoms with E-state index in [4.69, 9.17) is 4.42 Å². The zero-order chi connectivity index (χ0) is 24.5. The van der Waals surface area contributed by atoms with Crippen LogP contribution in [0.15, 0.2) is 53.4 Å². The van der Waals surface area contributed by atoms with Gasteiger partial charge in [-0.15, -0.1) is 0 Å². The predicted molar refractivity (Wildman–Crippen MR) is 129 cm³/mol. The van der Waals surface area contributed by atoms with Crippen LogP contribution in [-0.2, 0) is 9.59 Å². The number of benzene rings is 1. The molecule has 0 spiro atoms. The highest BCUT2D eigenvalue weighted by Gasteiger charge is 2.40. The van der Waals surface area contributed by atoms with Crippen molar-refractivity contribution >= 4 is 17.7 Å². The maximum Gasteiger partial charge on any atom is 0.289 e. The SMILES string of the molecule is Cc1ccc(C2CC3C(=O)N(CCC(=O)N4CCN(C(=O)c5ccco5)CC4)C=CN3N2)cc1C. The molecule has 5 rings (SSSR count). The number of carbonyl (C=O) groups excluding carboxylic acids is 3. The van der Waals surface area contributed by atoms with E-state index >= 15 is 0 Å².